The fourth-order valence-corrected chi connectivity index (χ4v) is 2.41. The largest absolute Gasteiger partial charge is 0.453 e. The lowest BCUT2D eigenvalue weighted by Gasteiger charge is -2.35. The maximum Gasteiger partial charge on any atom is 0.409 e. The van der Waals surface area contributed by atoms with E-state index in [4.69, 9.17) is 4.74 Å². The molecule has 2 saturated heterocycles. The van der Waals surface area contributed by atoms with Crippen LogP contribution in [-0.4, -0.2) is 43.8 Å². The van der Waals surface area contributed by atoms with Gasteiger partial charge in [0.25, 0.3) is 0 Å². The number of fused-ring (bicyclic) bond motifs is 1. The van der Waals surface area contributed by atoms with E-state index in [1.165, 1.54) is 13.5 Å². The number of rotatable bonds is 0. The Bertz CT molecular complexity index is 208. The molecule has 0 aliphatic carbocycles. The van der Waals surface area contributed by atoms with Crippen molar-refractivity contribution in [1.82, 2.24) is 10.2 Å². The molecule has 2 rings (SSSR count). The third-order valence-corrected chi connectivity index (χ3v) is 3.09. The second-order valence-electron chi connectivity index (χ2n) is 3.79. The summed E-state index contributed by atoms with van der Waals surface area (Å²) in [5.41, 5.74) is 0. The maximum absolute atomic E-state index is 11.4. The molecule has 4 nitrogen and oxygen atoms in total. The van der Waals surface area contributed by atoms with Crippen molar-refractivity contribution in [3.8, 4) is 0 Å². The molecule has 2 aliphatic heterocycles. The highest BCUT2D eigenvalue weighted by Gasteiger charge is 2.37. The number of carbonyl (C=O) groups excluding carboxylic acids is 1. The molecule has 2 aliphatic rings. The molecule has 2 heterocycles. The lowest BCUT2D eigenvalue weighted by Crippen LogP contribution is -2.48. The number of carbonyl (C=O) groups is 1. The first-order valence-corrected chi connectivity index (χ1v) is 4.88. The standard InChI is InChI=1S/C9H16N2O2/c1-13-9(12)11-4-2-3-7-5-10-6-8(7)11/h7-8,10H,2-6H2,1H3/t7-,8+/m1/s1. The van der Waals surface area contributed by atoms with Gasteiger partial charge in [0.15, 0.2) is 0 Å². The molecule has 1 N–H and O–H groups in total. The van der Waals surface area contributed by atoms with Crippen molar-refractivity contribution in [1.29, 1.82) is 0 Å². The summed E-state index contributed by atoms with van der Waals surface area (Å²) in [4.78, 5) is 13.3. The lowest BCUT2D eigenvalue weighted by atomic mass is 9.92. The summed E-state index contributed by atoms with van der Waals surface area (Å²) in [6, 6.07) is 0.376. The van der Waals surface area contributed by atoms with E-state index in [-0.39, 0.29) is 6.09 Å². The zero-order chi connectivity index (χ0) is 9.26. The molecule has 0 saturated carbocycles. The zero-order valence-electron chi connectivity index (χ0n) is 7.95. The molecular formula is C9H16N2O2. The monoisotopic (exact) mass is 184 g/mol. The van der Waals surface area contributed by atoms with Gasteiger partial charge in [-0.1, -0.05) is 0 Å². The SMILES string of the molecule is COC(=O)N1CCC[C@@H]2CNC[C@@H]21. The first-order valence-electron chi connectivity index (χ1n) is 4.88. The number of amides is 1. The van der Waals surface area contributed by atoms with Gasteiger partial charge in [-0.15, -0.1) is 0 Å². The number of ether oxygens (including phenoxy) is 1. The summed E-state index contributed by atoms with van der Waals surface area (Å²) in [7, 11) is 1.45. The van der Waals surface area contributed by atoms with Gasteiger partial charge < -0.3 is 15.0 Å². The average Bonchev–Trinajstić information content (AvgIpc) is 2.63. The normalized spacial score (nSPS) is 32.8. The molecule has 2 fully saturated rings. The Labute approximate surface area is 78.2 Å². The van der Waals surface area contributed by atoms with E-state index in [2.05, 4.69) is 5.32 Å². The Balaban J connectivity index is 2.05. The van der Waals surface area contributed by atoms with Crippen molar-refractivity contribution in [2.24, 2.45) is 5.92 Å². The summed E-state index contributed by atoms with van der Waals surface area (Å²) >= 11 is 0. The zero-order valence-corrected chi connectivity index (χ0v) is 7.95. The topological polar surface area (TPSA) is 41.6 Å². The van der Waals surface area contributed by atoms with Crippen LogP contribution in [0, 0.1) is 5.92 Å². The van der Waals surface area contributed by atoms with E-state index in [1.807, 2.05) is 4.90 Å². The van der Waals surface area contributed by atoms with Crippen LogP contribution in [-0.2, 0) is 4.74 Å². The molecule has 0 unspecified atom stereocenters. The van der Waals surface area contributed by atoms with E-state index in [9.17, 15) is 4.79 Å². The Hall–Kier alpha value is -0.770. The maximum atomic E-state index is 11.4. The van der Waals surface area contributed by atoms with Gasteiger partial charge in [-0.3, -0.25) is 0 Å². The number of likely N-dealkylation sites (tertiary alicyclic amines) is 1. The van der Waals surface area contributed by atoms with Crippen LogP contribution in [0.3, 0.4) is 0 Å². The van der Waals surface area contributed by atoms with Crippen LogP contribution in [0.25, 0.3) is 0 Å². The summed E-state index contributed by atoms with van der Waals surface area (Å²) in [5.74, 6) is 0.646. The third-order valence-electron chi connectivity index (χ3n) is 3.09. The lowest BCUT2D eigenvalue weighted by molar-refractivity contribution is 0.0811. The van der Waals surface area contributed by atoms with E-state index in [0.717, 1.165) is 26.1 Å². The van der Waals surface area contributed by atoms with Gasteiger partial charge >= 0.3 is 6.09 Å². The smallest absolute Gasteiger partial charge is 0.409 e. The number of methoxy groups -OCH3 is 1. The van der Waals surface area contributed by atoms with Crippen LogP contribution in [0.2, 0.25) is 0 Å². The molecule has 0 aromatic heterocycles. The Morgan fingerprint density at radius 2 is 2.38 bits per heavy atom. The number of nitrogens with one attached hydrogen (secondary N) is 1. The predicted molar refractivity (Wildman–Crippen MR) is 48.5 cm³/mol. The van der Waals surface area contributed by atoms with E-state index in [1.54, 1.807) is 0 Å². The molecule has 0 aromatic rings. The van der Waals surface area contributed by atoms with Gasteiger partial charge in [-0.2, -0.15) is 0 Å². The summed E-state index contributed by atoms with van der Waals surface area (Å²) in [6.45, 7) is 2.84. The highest BCUT2D eigenvalue weighted by molar-refractivity contribution is 5.68. The van der Waals surface area contributed by atoms with Gasteiger partial charge in [0, 0.05) is 19.6 Å². The highest BCUT2D eigenvalue weighted by atomic mass is 16.5. The Morgan fingerprint density at radius 3 is 3.15 bits per heavy atom. The molecule has 1 amide bonds. The molecule has 74 valence electrons. The quantitative estimate of drug-likeness (QED) is 0.594. The Kier molecular flexibility index (Phi) is 2.40. The number of hydrogen-bond donors (Lipinski definition) is 1. The van der Waals surface area contributed by atoms with Crippen LogP contribution in [0.4, 0.5) is 4.79 Å². The van der Waals surface area contributed by atoms with Gasteiger partial charge in [0.1, 0.15) is 0 Å². The minimum absolute atomic E-state index is 0.168. The summed E-state index contributed by atoms with van der Waals surface area (Å²) < 4.78 is 4.76. The first kappa shape index (κ1) is 8.81. The van der Waals surface area contributed by atoms with E-state index >= 15 is 0 Å². The first-order chi connectivity index (χ1) is 6.33. The fraction of sp³-hybridized carbons (Fsp3) is 0.889. The van der Waals surface area contributed by atoms with Crippen molar-refractivity contribution < 1.29 is 9.53 Å². The van der Waals surface area contributed by atoms with Crippen LogP contribution in [0.1, 0.15) is 12.8 Å². The Morgan fingerprint density at radius 1 is 1.54 bits per heavy atom. The van der Waals surface area contributed by atoms with Crippen molar-refractivity contribution in [3.63, 3.8) is 0 Å². The molecule has 0 bridgehead atoms. The molecule has 4 heteroatoms. The molecule has 0 spiro atoms. The number of hydrogen-bond acceptors (Lipinski definition) is 3. The second-order valence-corrected chi connectivity index (χ2v) is 3.79. The van der Waals surface area contributed by atoms with Crippen LogP contribution >= 0.6 is 0 Å². The van der Waals surface area contributed by atoms with Crippen LogP contribution in [0.15, 0.2) is 0 Å². The molecule has 0 aromatic carbocycles. The predicted octanol–water partition coefficient (Wildman–Crippen LogP) is 0.437. The fourth-order valence-electron chi connectivity index (χ4n) is 2.41. The molecule has 2 atom stereocenters. The molecular weight excluding hydrogens is 168 g/mol. The minimum Gasteiger partial charge on any atom is -0.453 e. The van der Waals surface area contributed by atoms with Gasteiger partial charge in [0.2, 0.25) is 0 Å². The number of nitrogens with zero attached hydrogens (tertiary/aromatic N) is 1. The molecule has 0 radical (unpaired) electrons. The van der Waals surface area contributed by atoms with Crippen LogP contribution < -0.4 is 5.32 Å². The minimum atomic E-state index is -0.168. The van der Waals surface area contributed by atoms with E-state index < -0.39 is 0 Å². The van der Waals surface area contributed by atoms with Crippen molar-refractivity contribution in [3.05, 3.63) is 0 Å². The van der Waals surface area contributed by atoms with Crippen molar-refractivity contribution in [2.75, 3.05) is 26.7 Å². The van der Waals surface area contributed by atoms with Gasteiger partial charge in [0.05, 0.1) is 13.2 Å². The van der Waals surface area contributed by atoms with Gasteiger partial charge in [-0.05, 0) is 18.8 Å². The second kappa shape index (κ2) is 3.54. The third kappa shape index (κ3) is 1.50. The van der Waals surface area contributed by atoms with Crippen molar-refractivity contribution >= 4 is 6.09 Å². The van der Waals surface area contributed by atoms with Crippen LogP contribution in [0.5, 0.6) is 0 Å². The van der Waals surface area contributed by atoms with E-state index in [0.29, 0.717) is 12.0 Å². The van der Waals surface area contributed by atoms with Crippen molar-refractivity contribution in [2.45, 2.75) is 18.9 Å². The average molecular weight is 184 g/mol. The highest BCUT2D eigenvalue weighted by Crippen LogP contribution is 2.26. The summed E-state index contributed by atoms with van der Waals surface area (Å²) in [6.07, 6.45) is 2.18. The number of piperidine rings is 1. The summed E-state index contributed by atoms with van der Waals surface area (Å²) in [5, 5.41) is 3.32. The molecule has 13 heavy (non-hydrogen) atoms. The van der Waals surface area contributed by atoms with Gasteiger partial charge in [-0.25, -0.2) is 4.79 Å².